The largest absolute Gasteiger partial charge is 0.496 e. The van der Waals surface area contributed by atoms with Gasteiger partial charge in [-0.25, -0.2) is 13.2 Å². The van der Waals surface area contributed by atoms with Gasteiger partial charge in [-0.2, -0.15) is 8.78 Å². The van der Waals surface area contributed by atoms with Gasteiger partial charge in [-0.3, -0.25) is 4.79 Å². The number of anilines is 1. The summed E-state index contributed by atoms with van der Waals surface area (Å²) in [7, 11) is 1.49. The number of sulfone groups is 1. The molecule has 0 heterocycles. The van der Waals surface area contributed by atoms with Gasteiger partial charge in [-0.1, -0.05) is 6.07 Å². The zero-order chi connectivity index (χ0) is 26.4. The fourth-order valence-corrected chi connectivity index (χ4v) is 3.97. The number of hydrogen-bond acceptors (Lipinski definition) is 8. The Bertz CT molecular complexity index is 1220. The molecule has 0 atom stereocenters. The lowest BCUT2D eigenvalue weighted by Crippen LogP contribution is -2.42. The van der Waals surface area contributed by atoms with E-state index in [0.717, 1.165) is 11.5 Å². The average molecular weight is 515 g/mol. The molecule has 2 aromatic rings. The van der Waals surface area contributed by atoms with Crippen LogP contribution in [0.25, 0.3) is 6.08 Å². The second-order valence-electron chi connectivity index (χ2n) is 6.92. The molecular formula is C22H23F2NO9S. The van der Waals surface area contributed by atoms with Gasteiger partial charge >= 0.3 is 17.8 Å². The van der Waals surface area contributed by atoms with Crippen LogP contribution in [0.4, 0.5) is 14.5 Å². The molecule has 0 spiro atoms. The smallest absolute Gasteiger partial charge is 0.418 e. The first kappa shape index (κ1) is 27.4. The summed E-state index contributed by atoms with van der Waals surface area (Å²) in [5.74, 6) is -9.09. The Morgan fingerprint density at radius 3 is 2.03 bits per heavy atom. The van der Waals surface area contributed by atoms with E-state index in [1.54, 1.807) is 17.4 Å². The van der Waals surface area contributed by atoms with Crippen LogP contribution in [0.1, 0.15) is 11.1 Å². The lowest BCUT2D eigenvalue weighted by molar-refractivity contribution is -0.169. The van der Waals surface area contributed by atoms with E-state index in [1.165, 1.54) is 46.6 Å². The minimum atomic E-state index is -4.70. The zero-order valence-electron chi connectivity index (χ0n) is 19.1. The fourth-order valence-electron chi connectivity index (χ4n) is 2.89. The van der Waals surface area contributed by atoms with Crippen molar-refractivity contribution in [3.63, 3.8) is 0 Å². The summed E-state index contributed by atoms with van der Waals surface area (Å²) in [6.07, 6.45) is 1.27. The maximum Gasteiger partial charge on any atom is 0.418 e. The summed E-state index contributed by atoms with van der Waals surface area (Å²) in [5, 5.41) is 11.2. The van der Waals surface area contributed by atoms with Crippen molar-refractivity contribution in [1.29, 1.82) is 0 Å². The van der Waals surface area contributed by atoms with E-state index < -0.39 is 33.4 Å². The lowest BCUT2D eigenvalue weighted by atomic mass is 10.1. The fraction of sp³-hybridized carbons (Fsp3) is 0.273. The number of carboxylic acids is 1. The number of carbonyl (C=O) groups excluding carboxylic acids is 1. The summed E-state index contributed by atoms with van der Waals surface area (Å²) in [6, 6.07) is 6.78. The summed E-state index contributed by atoms with van der Waals surface area (Å²) in [5.41, 5.74) is 0.115. The van der Waals surface area contributed by atoms with Crippen molar-refractivity contribution in [2.45, 2.75) is 11.7 Å². The minimum Gasteiger partial charge on any atom is -0.496 e. The lowest BCUT2D eigenvalue weighted by Gasteiger charge is -2.15. The van der Waals surface area contributed by atoms with E-state index in [0.29, 0.717) is 22.8 Å². The molecule has 2 rings (SSSR count). The number of ether oxygens (including phenoxy) is 4. The molecule has 190 valence electrons. The maximum absolute atomic E-state index is 13.5. The number of nitrogens with one attached hydrogen (secondary N) is 1. The van der Waals surface area contributed by atoms with Gasteiger partial charge in [-0.15, -0.1) is 0 Å². The number of benzene rings is 2. The van der Waals surface area contributed by atoms with Gasteiger partial charge in [0.25, 0.3) is 0 Å². The molecule has 2 aromatic carbocycles. The Hall–Kier alpha value is -3.87. The summed E-state index contributed by atoms with van der Waals surface area (Å²) < 4.78 is 73.1. The van der Waals surface area contributed by atoms with E-state index in [-0.39, 0.29) is 17.0 Å². The number of hydrogen-bond donors (Lipinski definition) is 2. The Morgan fingerprint density at radius 1 is 0.971 bits per heavy atom. The van der Waals surface area contributed by atoms with Gasteiger partial charge in [0, 0.05) is 17.5 Å². The Morgan fingerprint density at radius 2 is 1.54 bits per heavy atom. The van der Waals surface area contributed by atoms with Gasteiger partial charge in [-0.05, 0) is 23.8 Å². The molecule has 35 heavy (non-hydrogen) atoms. The summed E-state index contributed by atoms with van der Waals surface area (Å²) in [4.78, 5) is 22.3. The molecule has 1 amide bonds. The van der Waals surface area contributed by atoms with Crippen molar-refractivity contribution >= 4 is 33.5 Å². The van der Waals surface area contributed by atoms with Crippen molar-refractivity contribution < 1.29 is 50.8 Å². The standard InChI is InChI=1S/C22H23F2NO9S/c1-31-14-10-18(33-3)15(19(11-14)34-4)7-8-35(29,30)12-13-5-6-17(32-2)16(9-13)25-20(26)22(23,24)21(27)28/h5-11H,12H2,1-4H3,(H,25,26)(H,27,28)/b8-7+. The van der Waals surface area contributed by atoms with Crippen molar-refractivity contribution in [3.8, 4) is 23.0 Å². The second kappa shape index (κ2) is 11.0. The number of rotatable bonds is 11. The highest BCUT2D eigenvalue weighted by Crippen LogP contribution is 2.35. The summed E-state index contributed by atoms with van der Waals surface area (Å²) in [6.45, 7) is 0. The van der Waals surface area contributed by atoms with Crippen LogP contribution in [0.15, 0.2) is 35.7 Å². The third kappa shape index (κ3) is 6.59. The van der Waals surface area contributed by atoms with E-state index in [4.69, 9.17) is 24.1 Å². The molecular weight excluding hydrogens is 492 g/mol. The second-order valence-corrected chi connectivity index (χ2v) is 8.81. The third-order valence-electron chi connectivity index (χ3n) is 4.63. The third-order valence-corrected chi connectivity index (χ3v) is 5.92. The normalized spacial score (nSPS) is 11.7. The average Bonchev–Trinajstić information content (AvgIpc) is 2.81. The zero-order valence-corrected chi connectivity index (χ0v) is 19.9. The van der Waals surface area contributed by atoms with E-state index >= 15 is 0 Å². The van der Waals surface area contributed by atoms with Crippen LogP contribution in [0.2, 0.25) is 0 Å². The highest BCUT2D eigenvalue weighted by atomic mass is 32.2. The van der Waals surface area contributed by atoms with E-state index in [2.05, 4.69) is 0 Å². The van der Waals surface area contributed by atoms with Crippen LogP contribution in [0.5, 0.6) is 23.0 Å². The quantitative estimate of drug-likeness (QED) is 0.433. The van der Waals surface area contributed by atoms with Crippen LogP contribution in [-0.2, 0) is 25.2 Å². The van der Waals surface area contributed by atoms with Crippen LogP contribution in [0, 0.1) is 0 Å². The molecule has 0 saturated carbocycles. The van der Waals surface area contributed by atoms with Crippen molar-refractivity contribution in [2.24, 2.45) is 0 Å². The van der Waals surface area contributed by atoms with Crippen LogP contribution in [0.3, 0.4) is 0 Å². The molecule has 0 aliphatic rings. The monoisotopic (exact) mass is 515 g/mol. The maximum atomic E-state index is 13.5. The molecule has 0 bridgehead atoms. The Balaban J connectivity index is 2.35. The van der Waals surface area contributed by atoms with Crippen LogP contribution < -0.4 is 24.3 Å². The molecule has 0 aromatic heterocycles. The predicted molar refractivity (Wildman–Crippen MR) is 122 cm³/mol. The van der Waals surface area contributed by atoms with Crippen molar-refractivity contribution in [3.05, 3.63) is 46.9 Å². The first-order chi connectivity index (χ1) is 16.4. The van der Waals surface area contributed by atoms with E-state index in [1.807, 2.05) is 0 Å². The highest BCUT2D eigenvalue weighted by molar-refractivity contribution is 7.93. The Kier molecular flexibility index (Phi) is 8.63. The van der Waals surface area contributed by atoms with Crippen molar-refractivity contribution in [2.75, 3.05) is 33.8 Å². The number of amides is 1. The molecule has 13 heteroatoms. The first-order valence-corrected chi connectivity index (χ1v) is 11.4. The van der Waals surface area contributed by atoms with Crippen molar-refractivity contribution in [1.82, 2.24) is 0 Å². The Labute approximate surface area is 200 Å². The molecule has 0 aliphatic carbocycles. The first-order valence-electron chi connectivity index (χ1n) is 9.69. The molecule has 0 unspecified atom stereocenters. The van der Waals surface area contributed by atoms with Gasteiger partial charge < -0.3 is 29.4 Å². The minimum absolute atomic E-state index is 0.0797. The molecule has 10 nitrogen and oxygen atoms in total. The number of aliphatic carboxylic acids is 1. The van der Waals surface area contributed by atoms with E-state index in [9.17, 15) is 26.8 Å². The van der Waals surface area contributed by atoms with Gasteiger partial charge in [0.1, 0.15) is 23.0 Å². The number of alkyl halides is 2. The molecule has 0 radical (unpaired) electrons. The number of carbonyl (C=O) groups is 2. The molecule has 0 aliphatic heterocycles. The van der Waals surface area contributed by atoms with Gasteiger partial charge in [0.2, 0.25) is 0 Å². The molecule has 0 saturated heterocycles. The summed E-state index contributed by atoms with van der Waals surface area (Å²) >= 11 is 0. The molecule has 2 N–H and O–H groups in total. The van der Waals surface area contributed by atoms with Gasteiger partial charge in [0.15, 0.2) is 9.84 Å². The number of halogens is 2. The van der Waals surface area contributed by atoms with Crippen LogP contribution in [-0.4, -0.2) is 59.8 Å². The number of methoxy groups -OCH3 is 4. The highest BCUT2D eigenvalue weighted by Gasteiger charge is 2.48. The number of carboxylic acid groups (broad SMARTS) is 1. The van der Waals surface area contributed by atoms with Gasteiger partial charge in [0.05, 0.1) is 45.4 Å². The topological polar surface area (TPSA) is 137 Å². The molecule has 0 fully saturated rings. The SMILES string of the molecule is COc1cc(OC)c(/C=C/S(=O)(=O)Cc2ccc(OC)c(NC(=O)C(F)(F)C(=O)O)c2)c(OC)c1. The predicted octanol–water partition coefficient (Wildman–Crippen LogP) is 2.97. The van der Waals surface area contributed by atoms with Crippen LogP contribution >= 0.6 is 0 Å².